The van der Waals surface area contributed by atoms with E-state index in [0.717, 1.165) is 38.1 Å². The summed E-state index contributed by atoms with van der Waals surface area (Å²) in [6.45, 7) is 8.98. The van der Waals surface area contributed by atoms with Crippen molar-refractivity contribution in [2.24, 2.45) is 0 Å². The third kappa shape index (κ3) is 5.03. The van der Waals surface area contributed by atoms with Crippen molar-refractivity contribution in [1.29, 1.82) is 0 Å². The lowest BCUT2D eigenvalue weighted by Gasteiger charge is -2.38. The molecule has 162 valence electrons. The van der Waals surface area contributed by atoms with Crippen LogP contribution in [0.3, 0.4) is 0 Å². The minimum Gasteiger partial charge on any atom is -0.422 e. The van der Waals surface area contributed by atoms with Crippen molar-refractivity contribution in [3.8, 4) is 11.1 Å². The summed E-state index contributed by atoms with van der Waals surface area (Å²) in [6.07, 6.45) is 0. The van der Waals surface area contributed by atoms with E-state index in [9.17, 15) is 9.59 Å². The van der Waals surface area contributed by atoms with Crippen LogP contribution in [0.25, 0.3) is 22.1 Å². The number of hydrogen-bond acceptors (Lipinski definition) is 5. The number of likely N-dealkylation sites (N-methyl/N-ethyl adjacent to an activating group) is 1. The predicted molar refractivity (Wildman–Crippen MR) is 123 cm³/mol. The number of piperazine rings is 1. The third-order valence-corrected chi connectivity index (χ3v) is 5.74. The van der Waals surface area contributed by atoms with Gasteiger partial charge in [-0.25, -0.2) is 4.79 Å². The molecule has 1 amide bonds. The van der Waals surface area contributed by atoms with Crippen LogP contribution in [0.4, 0.5) is 0 Å². The van der Waals surface area contributed by atoms with Gasteiger partial charge in [-0.1, -0.05) is 30.3 Å². The minimum absolute atomic E-state index is 0.147. The van der Waals surface area contributed by atoms with Crippen molar-refractivity contribution in [3.05, 3.63) is 70.6 Å². The van der Waals surface area contributed by atoms with E-state index in [0.29, 0.717) is 22.3 Å². The van der Waals surface area contributed by atoms with Crippen LogP contribution < -0.4 is 10.9 Å². The lowest BCUT2D eigenvalue weighted by molar-refractivity contribution is 0.0850. The molecule has 6 heteroatoms. The molecule has 1 aromatic heterocycles. The Hall–Kier alpha value is -2.96. The summed E-state index contributed by atoms with van der Waals surface area (Å²) < 4.78 is 5.46. The van der Waals surface area contributed by atoms with Crippen molar-refractivity contribution >= 4 is 16.9 Å². The van der Waals surface area contributed by atoms with E-state index in [2.05, 4.69) is 22.2 Å². The molecule has 4 rings (SSSR count). The van der Waals surface area contributed by atoms with Crippen LogP contribution in [0.5, 0.6) is 0 Å². The topological polar surface area (TPSA) is 65.8 Å². The molecule has 1 saturated heterocycles. The zero-order valence-corrected chi connectivity index (χ0v) is 18.4. The summed E-state index contributed by atoms with van der Waals surface area (Å²) in [7, 11) is 2.13. The second kappa shape index (κ2) is 8.65. The normalized spacial score (nSPS) is 15.8. The van der Waals surface area contributed by atoms with Gasteiger partial charge in [0.05, 0.1) is 5.56 Å². The standard InChI is InChI=1S/C25H29N3O3/c1-25(2,17-28-13-11-27(3)12-14-28)26-23(29)20-9-6-8-18(15-20)21-16-19-7-4-5-10-22(19)31-24(21)30/h4-10,15-16H,11-14,17H2,1-3H3,(H,26,29). The molecule has 31 heavy (non-hydrogen) atoms. The number of rotatable bonds is 5. The molecule has 3 aromatic rings. The molecule has 1 N–H and O–H groups in total. The van der Waals surface area contributed by atoms with Crippen molar-refractivity contribution in [3.63, 3.8) is 0 Å². The summed E-state index contributed by atoms with van der Waals surface area (Å²) in [5.74, 6) is -0.147. The Morgan fingerprint density at radius 1 is 1.03 bits per heavy atom. The number of nitrogens with zero attached hydrogens (tertiary/aromatic N) is 2. The van der Waals surface area contributed by atoms with Gasteiger partial charge in [-0.3, -0.25) is 9.69 Å². The van der Waals surface area contributed by atoms with Crippen molar-refractivity contribution in [1.82, 2.24) is 15.1 Å². The number of amides is 1. The first-order valence-corrected chi connectivity index (χ1v) is 10.7. The van der Waals surface area contributed by atoms with Crippen LogP contribution >= 0.6 is 0 Å². The lowest BCUT2D eigenvalue weighted by Crippen LogP contribution is -2.55. The Labute approximate surface area is 182 Å². The van der Waals surface area contributed by atoms with Crippen LogP contribution in [-0.2, 0) is 0 Å². The number of para-hydroxylation sites is 1. The largest absolute Gasteiger partial charge is 0.422 e. The number of hydrogen-bond donors (Lipinski definition) is 1. The maximum atomic E-state index is 13.0. The lowest BCUT2D eigenvalue weighted by atomic mass is 10.0. The molecule has 0 saturated carbocycles. The summed E-state index contributed by atoms with van der Waals surface area (Å²) in [6, 6.07) is 16.4. The maximum Gasteiger partial charge on any atom is 0.344 e. The van der Waals surface area contributed by atoms with Gasteiger partial charge < -0.3 is 14.6 Å². The molecule has 0 aliphatic carbocycles. The monoisotopic (exact) mass is 419 g/mol. The SMILES string of the molecule is CN1CCN(CC(C)(C)NC(=O)c2cccc(-c3cc4ccccc4oc3=O)c2)CC1. The molecule has 0 atom stereocenters. The highest BCUT2D eigenvalue weighted by molar-refractivity contribution is 5.96. The smallest absolute Gasteiger partial charge is 0.344 e. The molecule has 2 heterocycles. The van der Waals surface area contributed by atoms with Crippen LogP contribution in [0, 0.1) is 0 Å². The molecule has 1 aliphatic rings. The molecular formula is C25H29N3O3. The van der Waals surface area contributed by atoms with Gasteiger partial charge in [0.1, 0.15) is 5.58 Å². The maximum absolute atomic E-state index is 13.0. The second-order valence-corrected chi connectivity index (χ2v) is 8.98. The molecule has 0 spiro atoms. The Morgan fingerprint density at radius 3 is 2.55 bits per heavy atom. The predicted octanol–water partition coefficient (Wildman–Crippen LogP) is 3.22. The molecule has 0 bridgehead atoms. The van der Waals surface area contributed by atoms with E-state index in [1.54, 1.807) is 24.3 Å². The summed E-state index contributed by atoms with van der Waals surface area (Å²) in [4.78, 5) is 30.2. The Morgan fingerprint density at radius 2 is 1.77 bits per heavy atom. The van der Waals surface area contributed by atoms with Crippen LogP contribution in [0.15, 0.2) is 63.8 Å². The molecule has 2 aromatic carbocycles. The number of carbonyl (C=O) groups excluding carboxylic acids is 1. The van der Waals surface area contributed by atoms with E-state index >= 15 is 0 Å². The first-order valence-electron chi connectivity index (χ1n) is 10.7. The number of fused-ring (bicyclic) bond motifs is 1. The van der Waals surface area contributed by atoms with Gasteiger partial charge in [-0.05, 0) is 50.7 Å². The van der Waals surface area contributed by atoms with Gasteiger partial charge in [-0.15, -0.1) is 0 Å². The Kier molecular flexibility index (Phi) is 5.94. The zero-order chi connectivity index (χ0) is 22.0. The average molecular weight is 420 g/mol. The quantitative estimate of drug-likeness (QED) is 0.644. The van der Waals surface area contributed by atoms with E-state index in [4.69, 9.17) is 4.42 Å². The van der Waals surface area contributed by atoms with Crippen LogP contribution in [0.2, 0.25) is 0 Å². The Bertz CT molecular complexity index is 1140. The number of benzene rings is 2. The van der Waals surface area contributed by atoms with E-state index in [1.807, 2.05) is 44.2 Å². The summed E-state index contributed by atoms with van der Waals surface area (Å²) >= 11 is 0. The molecular weight excluding hydrogens is 390 g/mol. The van der Waals surface area contributed by atoms with Crippen LogP contribution in [0.1, 0.15) is 24.2 Å². The average Bonchev–Trinajstić information content (AvgIpc) is 2.74. The van der Waals surface area contributed by atoms with Crippen molar-refractivity contribution in [2.75, 3.05) is 39.8 Å². The molecule has 6 nitrogen and oxygen atoms in total. The van der Waals surface area contributed by atoms with Gasteiger partial charge in [0, 0.05) is 49.2 Å². The van der Waals surface area contributed by atoms with Crippen molar-refractivity contribution in [2.45, 2.75) is 19.4 Å². The van der Waals surface area contributed by atoms with E-state index < -0.39 is 5.63 Å². The van der Waals surface area contributed by atoms with Gasteiger partial charge in [0.15, 0.2) is 0 Å². The molecule has 0 unspecified atom stereocenters. The highest BCUT2D eigenvalue weighted by atomic mass is 16.4. The zero-order valence-electron chi connectivity index (χ0n) is 18.4. The van der Waals surface area contributed by atoms with Crippen LogP contribution in [-0.4, -0.2) is 61.0 Å². The highest BCUT2D eigenvalue weighted by Crippen LogP contribution is 2.22. The van der Waals surface area contributed by atoms with E-state index in [1.165, 1.54) is 0 Å². The molecule has 1 fully saturated rings. The summed E-state index contributed by atoms with van der Waals surface area (Å²) in [5, 5.41) is 4.01. The first-order chi connectivity index (χ1) is 14.8. The van der Waals surface area contributed by atoms with Gasteiger partial charge in [0.2, 0.25) is 0 Å². The fraction of sp³-hybridized carbons (Fsp3) is 0.360. The number of nitrogens with one attached hydrogen (secondary N) is 1. The van der Waals surface area contributed by atoms with Gasteiger partial charge in [-0.2, -0.15) is 0 Å². The van der Waals surface area contributed by atoms with Gasteiger partial charge in [0.25, 0.3) is 5.91 Å². The van der Waals surface area contributed by atoms with Crippen molar-refractivity contribution < 1.29 is 9.21 Å². The minimum atomic E-state index is -0.411. The molecule has 0 radical (unpaired) electrons. The third-order valence-electron chi connectivity index (χ3n) is 5.74. The second-order valence-electron chi connectivity index (χ2n) is 8.98. The Balaban J connectivity index is 1.52. The molecule has 1 aliphatic heterocycles. The highest BCUT2D eigenvalue weighted by Gasteiger charge is 2.26. The van der Waals surface area contributed by atoms with E-state index in [-0.39, 0.29) is 11.4 Å². The fourth-order valence-electron chi connectivity index (χ4n) is 4.08. The first kappa shape index (κ1) is 21.3. The van der Waals surface area contributed by atoms with Gasteiger partial charge >= 0.3 is 5.63 Å². The summed E-state index contributed by atoms with van der Waals surface area (Å²) in [5.41, 5.74) is 1.42. The fourth-order valence-corrected chi connectivity index (χ4v) is 4.08. The number of carbonyl (C=O) groups is 1.